The lowest BCUT2D eigenvalue weighted by atomic mass is 9.51. The quantitative estimate of drug-likeness (QED) is 0.303. The highest BCUT2D eigenvalue weighted by Crippen LogP contribution is 2.64. The van der Waals surface area contributed by atoms with Gasteiger partial charge in [0.15, 0.2) is 0 Å². The fourth-order valence-electron chi connectivity index (χ4n) is 18.1. The van der Waals surface area contributed by atoms with Crippen molar-refractivity contribution in [2.24, 2.45) is 82.9 Å². The normalized spacial score (nSPS) is 51.4. The number of amides is 2. The van der Waals surface area contributed by atoms with Gasteiger partial charge in [0.25, 0.3) is 0 Å². The number of carbonyl (C=O) groups excluding carboxylic acids is 1. The van der Waals surface area contributed by atoms with Gasteiger partial charge in [-0.15, -0.1) is 0 Å². The summed E-state index contributed by atoms with van der Waals surface area (Å²) in [6.45, 7) is 29.6. The van der Waals surface area contributed by atoms with Crippen LogP contribution in [-0.4, -0.2) is 64.4 Å². The molecule has 2 aromatic rings. The predicted molar refractivity (Wildman–Crippen MR) is 241 cm³/mol. The van der Waals surface area contributed by atoms with Crippen molar-refractivity contribution in [3.05, 3.63) is 69.8 Å². The Labute approximate surface area is 363 Å². The van der Waals surface area contributed by atoms with Crippen molar-refractivity contribution < 1.29 is 14.3 Å². The lowest BCUT2D eigenvalue weighted by Gasteiger charge is -2.72. The second-order valence-electron chi connectivity index (χ2n) is 23.6. The average Bonchev–Trinajstić information content (AvgIpc) is 3.23. The second kappa shape index (κ2) is 14.3. The van der Waals surface area contributed by atoms with Gasteiger partial charge < -0.3 is 19.3 Å². The first-order chi connectivity index (χ1) is 28.7. The van der Waals surface area contributed by atoms with E-state index in [1.54, 1.807) is 0 Å². The van der Waals surface area contributed by atoms with Crippen LogP contribution in [0.15, 0.2) is 36.4 Å². The molecule has 0 bridgehead atoms. The van der Waals surface area contributed by atoms with Crippen molar-refractivity contribution in [3.63, 3.8) is 0 Å². The van der Waals surface area contributed by atoms with Gasteiger partial charge in [0, 0.05) is 17.8 Å². The Balaban J connectivity index is 1.08. The number of rotatable bonds is 2. The highest BCUT2D eigenvalue weighted by atomic mass is 16.5. The summed E-state index contributed by atoms with van der Waals surface area (Å²) in [6.07, 6.45) is 6.88. The van der Waals surface area contributed by atoms with E-state index in [1.165, 1.54) is 33.4 Å². The zero-order chi connectivity index (χ0) is 42.0. The molecule has 22 atom stereocenters. The molecule has 0 N–H and O–H groups in total. The van der Waals surface area contributed by atoms with E-state index >= 15 is 4.79 Å². The molecular weight excluding hydrogens is 737 g/mol. The summed E-state index contributed by atoms with van der Waals surface area (Å²) >= 11 is 0. The minimum Gasteiger partial charge on any atom is -0.370 e. The van der Waals surface area contributed by atoms with Crippen molar-refractivity contribution in [1.82, 2.24) is 9.80 Å². The Kier molecular flexibility index (Phi) is 9.64. The number of hydrogen-bond donors (Lipinski definition) is 0. The Morgan fingerprint density at radius 1 is 0.467 bits per heavy atom. The number of fused-ring (bicyclic) bond motifs is 6. The van der Waals surface area contributed by atoms with Crippen LogP contribution in [0.1, 0.15) is 139 Å². The third kappa shape index (κ3) is 5.51. The molecular formula is C55H78N2O3. The zero-order valence-corrected chi connectivity index (χ0v) is 39.2. The van der Waals surface area contributed by atoms with Crippen LogP contribution in [0.25, 0.3) is 0 Å². The highest BCUT2D eigenvalue weighted by Gasteiger charge is 2.70. The Bertz CT molecular complexity index is 1830. The van der Waals surface area contributed by atoms with Crippen molar-refractivity contribution in [1.29, 1.82) is 0 Å². The van der Waals surface area contributed by atoms with Crippen LogP contribution in [0, 0.1) is 111 Å². The number of ether oxygens (including phenoxy) is 2. The maximum absolute atomic E-state index is 16.6. The van der Waals surface area contributed by atoms with E-state index in [2.05, 4.69) is 129 Å². The number of urea groups is 1. The van der Waals surface area contributed by atoms with Crippen molar-refractivity contribution in [2.45, 2.75) is 182 Å². The molecule has 2 aromatic carbocycles. The standard InChI is InChI=1S/C55H78N2O3/c1-25-15-13-16-26(2)48(25)42-19-37-20-43(49-27(3)17-14-18-28(49)4)54-52-50(37)51-53(42)59-46-23-40-35(11)31(7)29(5)33(9)38(40)21-44(46)56(51)55(58)57(52)45-22-39-34(10)30(6)32(8)36(12)41(39)24-47(45)60-54/h13-18,29-47,50-54H,19-24H2,1-12H3. The molecule has 22 unspecified atom stereocenters. The Morgan fingerprint density at radius 2 is 0.800 bits per heavy atom. The van der Waals surface area contributed by atoms with Crippen molar-refractivity contribution in [2.75, 3.05) is 0 Å². The fourth-order valence-corrected chi connectivity index (χ4v) is 18.1. The molecule has 5 nitrogen and oxygen atoms in total. The minimum atomic E-state index is 0.00929. The molecule has 11 rings (SSSR count). The number of hydrogen-bond acceptors (Lipinski definition) is 3. The van der Waals surface area contributed by atoms with Gasteiger partial charge in [0.2, 0.25) is 0 Å². The van der Waals surface area contributed by atoms with Crippen LogP contribution in [-0.2, 0) is 9.47 Å². The minimum absolute atomic E-state index is 0.00929. The second-order valence-corrected chi connectivity index (χ2v) is 23.6. The fraction of sp³-hybridized carbons (Fsp3) is 0.764. The summed E-state index contributed by atoms with van der Waals surface area (Å²) in [7, 11) is 0. The van der Waals surface area contributed by atoms with Gasteiger partial charge in [-0.3, -0.25) is 0 Å². The Hall–Kier alpha value is -2.37. The van der Waals surface area contributed by atoms with Crippen LogP contribution in [0.3, 0.4) is 0 Å². The topological polar surface area (TPSA) is 42.0 Å². The van der Waals surface area contributed by atoms with Crippen molar-refractivity contribution >= 4 is 6.03 Å². The average molecular weight is 815 g/mol. The van der Waals surface area contributed by atoms with Crippen LogP contribution in [0.5, 0.6) is 0 Å². The van der Waals surface area contributed by atoms with E-state index < -0.39 is 0 Å². The summed E-state index contributed by atoms with van der Waals surface area (Å²) in [6, 6.07) is 14.6. The number of carbonyl (C=O) groups is 1. The zero-order valence-electron chi connectivity index (χ0n) is 39.2. The molecule has 3 saturated heterocycles. The molecule has 6 aliphatic carbocycles. The van der Waals surface area contributed by atoms with Gasteiger partial charge in [0.1, 0.15) is 0 Å². The molecule has 326 valence electrons. The van der Waals surface area contributed by atoms with Crippen LogP contribution >= 0.6 is 0 Å². The van der Waals surface area contributed by atoms with Gasteiger partial charge in [-0.25, -0.2) is 4.79 Å². The lowest BCUT2D eigenvalue weighted by molar-refractivity contribution is -0.275. The SMILES string of the molecule is Cc1cccc(C)c1C1CC2CC(c3c(C)cccc3C)C3OC4CC5C(C)C(C)C(C)C(C)C5CC4N4C(=O)N5C6CC7C(C)C(C)C(C)C(C)C7CC6OC1C5C2C34. The van der Waals surface area contributed by atoms with E-state index in [0.29, 0.717) is 88.9 Å². The van der Waals surface area contributed by atoms with Crippen LogP contribution in [0.4, 0.5) is 4.79 Å². The molecule has 60 heavy (non-hydrogen) atoms. The van der Waals surface area contributed by atoms with Gasteiger partial charge in [-0.1, -0.05) is 91.8 Å². The number of benzene rings is 2. The summed E-state index contributed by atoms with van der Waals surface area (Å²) in [4.78, 5) is 21.8. The van der Waals surface area contributed by atoms with Gasteiger partial charge in [-0.2, -0.15) is 0 Å². The molecule has 0 radical (unpaired) electrons. The molecule has 5 heteroatoms. The number of nitrogens with zero attached hydrogens (tertiary/aromatic N) is 2. The highest BCUT2D eigenvalue weighted by molar-refractivity contribution is 5.78. The molecule has 9 fully saturated rings. The van der Waals surface area contributed by atoms with Gasteiger partial charge in [-0.05, 0) is 177 Å². The molecule has 9 aliphatic rings. The summed E-state index contributed by atoms with van der Waals surface area (Å²) in [5.74, 6) is 9.47. The van der Waals surface area contributed by atoms with Gasteiger partial charge >= 0.3 is 6.03 Å². The third-order valence-corrected chi connectivity index (χ3v) is 21.9. The molecule has 3 aliphatic heterocycles. The largest absolute Gasteiger partial charge is 0.370 e. The summed E-state index contributed by atoms with van der Waals surface area (Å²) in [5, 5.41) is 0. The first-order valence-corrected chi connectivity index (χ1v) is 25.2. The van der Waals surface area contributed by atoms with E-state index in [9.17, 15) is 0 Å². The summed E-state index contributed by atoms with van der Waals surface area (Å²) < 4.78 is 15.7. The molecule has 0 aromatic heterocycles. The first kappa shape index (κ1) is 40.4. The van der Waals surface area contributed by atoms with E-state index in [4.69, 9.17) is 9.47 Å². The van der Waals surface area contributed by atoms with Crippen molar-refractivity contribution in [3.8, 4) is 0 Å². The Morgan fingerprint density at radius 3 is 1.15 bits per heavy atom. The lowest BCUT2D eigenvalue weighted by Crippen LogP contribution is -2.83. The van der Waals surface area contributed by atoms with E-state index in [1.807, 2.05) is 0 Å². The molecule has 3 heterocycles. The van der Waals surface area contributed by atoms with Crippen LogP contribution < -0.4 is 0 Å². The van der Waals surface area contributed by atoms with Gasteiger partial charge in [0.05, 0.1) is 48.6 Å². The molecule has 6 saturated carbocycles. The monoisotopic (exact) mass is 815 g/mol. The first-order valence-electron chi connectivity index (χ1n) is 25.2. The number of morpholine rings is 2. The smallest absolute Gasteiger partial charge is 0.321 e. The van der Waals surface area contributed by atoms with E-state index in [-0.39, 0.29) is 60.4 Å². The van der Waals surface area contributed by atoms with Crippen LogP contribution in [0.2, 0.25) is 0 Å². The maximum Gasteiger partial charge on any atom is 0.321 e. The number of aryl methyl sites for hydroxylation is 4. The maximum atomic E-state index is 16.6. The third-order valence-electron chi connectivity index (χ3n) is 21.9. The predicted octanol–water partition coefficient (Wildman–Crippen LogP) is 11.7. The summed E-state index contributed by atoms with van der Waals surface area (Å²) in [5.41, 5.74) is 8.55. The molecule has 2 amide bonds. The molecule has 0 spiro atoms. The van der Waals surface area contributed by atoms with E-state index in [0.717, 1.165) is 38.5 Å².